The second kappa shape index (κ2) is 9.03. The fraction of sp³-hybridized carbons (Fsp3) is 0.294. The Bertz CT molecular complexity index is 772. The van der Waals surface area contributed by atoms with E-state index in [1.807, 2.05) is 42.7 Å². The summed E-state index contributed by atoms with van der Waals surface area (Å²) in [5.41, 5.74) is 2.12. The van der Waals surface area contributed by atoms with E-state index in [-0.39, 0.29) is 5.75 Å². The molecule has 3 amide bonds. The Morgan fingerprint density at radius 1 is 1.32 bits per heavy atom. The molecule has 7 nitrogen and oxygen atoms in total. The molecule has 0 fully saturated rings. The highest BCUT2D eigenvalue weighted by Gasteiger charge is 2.16. The minimum atomic E-state index is -0.539. The normalized spacial score (nSPS) is 10.3. The summed E-state index contributed by atoms with van der Waals surface area (Å²) in [6.45, 7) is 8.49. The fourth-order valence-corrected chi connectivity index (χ4v) is 3.01. The van der Waals surface area contributed by atoms with Gasteiger partial charge in [0.15, 0.2) is 11.0 Å². The highest BCUT2D eigenvalue weighted by Crippen LogP contribution is 2.25. The molecule has 0 aliphatic carbocycles. The van der Waals surface area contributed by atoms with Crippen LogP contribution in [0, 0.1) is 6.92 Å². The van der Waals surface area contributed by atoms with Gasteiger partial charge in [-0.15, -0.1) is 16.8 Å². The van der Waals surface area contributed by atoms with Gasteiger partial charge < -0.3 is 9.88 Å². The van der Waals surface area contributed by atoms with Gasteiger partial charge in [0.05, 0.1) is 5.75 Å². The molecule has 1 heterocycles. The molecule has 8 heteroatoms. The van der Waals surface area contributed by atoms with Gasteiger partial charge in [-0.3, -0.25) is 10.1 Å². The SMILES string of the molecule is C=CCNC(=O)NC(=O)CSc1nnc(-c2ccccc2C)n1CC. The molecule has 0 spiro atoms. The van der Waals surface area contributed by atoms with Gasteiger partial charge in [-0.2, -0.15) is 0 Å². The number of aromatic nitrogens is 3. The number of nitrogens with one attached hydrogen (secondary N) is 2. The molecule has 0 radical (unpaired) electrons. The van der Waals surface area contributed by atoms with E-state index < -0.39 is 11.9 Å². The zero-order chi connectivity index (χ0) is 18.2. The fourth-order valence-electron chi connectivity index (χ4n) is 2.21. The molecule has 0 saturated carbocycles. The third-order valence-electron chi connectivity index (χ3n) is 3.41. The van der Waals surface area contributed by atoms with Gasteiger partial charge in [-0.1, -0.05) is 42.1 Å². The molecule has 2 aromatic rings. The predicted octanol–water partition coefficient (Wildman–Crippen LogP) is 2.38. The standard InChI is InChI=1S/C17H21N5O2S/c1-4-10-18-16(24)19-14(23)11-25-17-21-20-15(22(17)5-2)13-9-7-6-8-12(13)3/h4,6-9H,1,5,10-11H2,2-3H3,(H2,18,19,23,24). The molecule has 0 bridgehead atoms. The Morgan fingerprint density at radius 2 is 2.08 bits per heavy atom. The maximum Gasteiger partial charge on any atom is 0.321 e. The van der Waals surface area contributed by atoms with Crippen LogP contribution in [-0.2, 0) is 11.3 Å². The van der Waals surface area contributed by atoms with Crippen LogP contribution < -0.4 is 10.6 Å². The lowest BCUT2D eigenvalue weighted by Gasteiger charge is -2.09. The second-order valence-electron chi connectivity index (χ2n) is 5.20. The van der Waals surface area contributed by atoms with Crippen LogP contribution in [0.4, 0.5) is 4.79 Å². The predicted molar refractivity (Wildman–Crippen MR) is 98.3 cm³/mol. The number of amides is 3. The summed E-state index contributed by atoms with van der Waals surface area (Å²) in [6.07, 6.45) is 1.54. The number of aryl methyl sites for hydroxylation is 1. The molecule has 2 N–H and O–H groups in total. The third kappa shape index (κ3) is 4.93. The van der Waals surface area contributed by atoms with E-state index in [4.69, 9.17) is 0 Å². The molecule has 0 aliphatic heterocycles. The first kappa shape index (κ1) is 18.7. The average molecular weight is 359 g/mol. The van der Waals surface area contributed by atoms with Gasteiger partial charge in [-0.05, 0) is 19.4 Å². The molecule has 25 heavy (non-hydrogen) atoms. The number of rotatable bonds is 7. The second-order valence-corrected chi connectivity index (χ2v) is 6.14. The summed E-state index contributed by atoms with van der Waals surface area (Å²) in [5.74, 6) is 0.454. The number of carbonyl (C=O) groups excluding carboxylic acids is 2. The first-order valence-corrected chi connectivity index (χ1v) is 8.86. The molecule has 1 aromatic heterocycles. The van der Waals surface area contributed by atoms with Crippen LogP contribution in [0.1, 0.15) is 12.5 Å². The maximum absolute atomic E-state index is 11.8. The first-order valence-electron chi connectivity index (χ1n) is 7.87. The molecule has 1 aromatic carbocycles. The summed E-state index contributed by atoms with van der Waals surface area (Å²) in [7, 11) is 0. The van der Waals surface area contributed by atoms with E-state index in [0.29, 0.717) is 18.2 Å². The van der Waals surface area contributed by atoms with E-state index in [0.717, 1.165) is 17.0 Å². The van der Waals surface area contributed by atoms with E-state index in [1.54, 1.807) is 0 Å². The van der Waals surface area contributed by atoms with Crippen molar-refractivity contribution in [1.29, 1.82) is 0 Å². The lowest BCUT2D eigenvalue weighted by atomic mass is 10.1. The summed E-state index contributed by atoms with van der Waals surface area (Å²) in [6, 6.07) is 7.41. The molecule has 0 saturated heterocycles. The zero-order valence-electron chi connectivity index (χ0n) is 14.3. The van der Waals surface area contributed by atoms with Gasteiger partial charge in [0.2, 0.25) is 5.91 Å². The molecule has 2 rings (SSSR count). The number of carbonyl (C=O) groups is 2. The van der Waals surface area contributed by atoms with E-state index in [2.05, 4.69) is 27.4 Å². The van der Waals surface area contributed by atoms with E-state index in [1.165, 1.54) is 17.8 Å². The van der Waals surface area contributed by atoms with Crippen molar-refractivity contribution in [2.75, 3.05) is 12.3 Å². The van der Waals surface area contributed by atoms with Gasteiger partial charge in [0, 0.05) is 18.7 Å². The summed E-state index contributed by atoms with van der Waals surface area (Å²) in [4.78, 5) is 23.3. The van der Waals surface area contributed by atoms with Crippen LogP contribution in [0.5, 0.6) is 0 Å². The smallest absolute Gasteiger partial charge is 0.321 e. The minimum Gasteiger partial charge on any atom is -0.334 e. The number of urea groups is 1. The Kier molecular flexibility index (Phi) is 6.76. The van der Waals surface area contributed by atoms with Gasteiger partial charge >= 0.3 is 6.03 Å². The minimum absolute atomic E-state index is 0.0768. The lowest BCUT2D eigenvalue weighted by molar-refractivity contribution is -0.117. The van der Waals surface area contributed by atoms with Crippen LogP contribution in [0.25, 0.3) is 11.4 Å². The summed E-state index contributed by atoms with van der Waals surface area (Å²) < 4.78 is 1.96. The molecule has 0 atom stereocenters. The Hall–Kier alpha value is -2.61. The zero-order valence-corrected chi connectivity index (χ0v) is 15.1. The van der Waals surface area contributed by atoms with Crippen LogP contribution in [-0.4, -0.2) is 39.0 Å². The monoisotopic (exact) mass is 359 g/mol. The number of benzene rings is 1. The van der Waals surface area contributed by atoms with Gasteiger partial charge in [0.25, 0.3) is 0 Å². The van der Waals surface area contributed by atoms with E-state index >= 15 is 0 Å². The van der Waals surface area contributed by atoms with Crippen LogP contribution >= 0.6 is 11.8 Å². The number of hydrogen-bond donors (Lipinski definition) is 2. The van der Waals surface area contributed by atoms with Crippen molar-refractivity contribution in [3.8, 4) is 11.4 Å². The highest BCUT2D eigenvalue weighted by atomic mass is 32.2. The van der Waals surface area contributed by atoms with Gasteiger partial charge in [-0.25, -0.2) is 4.79 Å². The van der Waals surface area contributed by atoms with Crippen molar-refractivity contribution < 1.29 is 9.59 Å². The third-order valence-corrected chi connectivity index (χ3v) is 4.38. The quantitative estimate of drug-likeness (QED) is 0.585. The number of thioether (sulfide) groups is 1. The lowest BCUT2D eigenvalue weighted by Crippen LogP contribution is -2.40. The van der Waals surface area contributed by atoms with Crippen molar-refractivity contribution in [3.63, 3.8) is 0 Å². The highest BCUT2D eigenvalue weighted by molar-refractivity contribution is 7.99. The van der Waals surface area contributed by atoms with Crippen LogP contribution in [0.3, 0.4) is 0 Å². The van der Waals surface area contributed by atoms with Crippen molar-refractivity contribution in [2.45, 2.75) is 25.5 Å². The Labute approximate surface area is 150 Å². The van der Waals surface area contributed by atoms with Crippen molar-refractivity contribution in [3.05, 3.63) is 42.5 Å². The first-order chi connectivity index (χ1) is 12.1. The molecule has 132 valence electrons. The van der Waals surface area contributed by atoms with Crippen molar-refractivity contribution >= 4 is 23.7 Å². The summed E-state index contributed by atoms with van der Waals surface area (Å²) in [5, 5.41) is 13.8. The number of nitrogens with zero attached hydrogens (tertiary/aromatic N) is 3. The molecule has 0 unspecified atom stereocenters. The van der Waals surface area contributed by atoms with Crippen LogP contribution in [0.15, 0.2) is 42.1 Å². The van der Waals surface area contributed by atoms with Crippen molar-refractivity contribution in [2.24, 2.45) is 0 Å². The molecular formula is C17H21N5O2S. The number of hydrogen-bond acceptors (Lipinski definition) is 5. The molecular weight excluding hydrogens is 338 g/mol. The Balaban J connectivity index is 2.04. The summed E-state index contributed by atoms with van der Waals surface area (Å²) >= 11 is 1.24. The van der Waals surface area contributed by atoms with Crippen LogP contribution in [0.2, 0.25) is 0 Å². The largest absolute Gasteiger partial charge is 0.334 e. The molecule has 0 aliphatic rings. The number of imide groups is 1. The maximum atomic E-state index is 11.8. The Morgan fingerprint density at radius 3 is 2.76 bits per heavy atom. The van der Waals surface area contributed by atoms with Gasteiger partial charge in [0.1, 0.15) is 0 Å². The average Bonchev–Trinajstić information content (AvgIpc) is 3.01. The van der Waals surface area contributed by atoms with E-state index in [9.17, 15) is 9.59 Å². The topological polar surface area (TPSA) is 88.9 Å². The van der Waals surface area contributed by atoms with Crippen molar-refractivity contribution in [1.82, 2.24) is 25.4 Å².